The Morgan fingerprint density at radius 1 is 1.25 bits per heavy atom. The maximum absolute atomic E-state index is 12.9. The van der Waals surface area contributed by atoms with Crippen molar-refractivity contribution in [3.05, 3.63) is 53.6 Å². The second-order valence-electron chi connectivity index (χ2n) is 7.10. The first-order valence-corrected chi connectivity index (χ1v) is 10.7. The largest absolute Gasteiger partial charge is 0.497 e. The molecular weight excluding hydrogens is 426 g/mol. The van der Waals surface area contributed by atoms with Gasteiger partial charge in [-0.05, 0) is 43.7 Å². The predicted molar refractivity (Wildman–Crippen MR) is 122 cm³/mol. The molecule has 162 valence electrons. The molecule has 0 fully saturated rings. The highest BCUT2D eigenvalue weighted by Crippen LogP contribution is 2.31. The van der Waals surface area contributed by atoms with Crippen molar-refractivity contribution < 1.29 is 9.53 Å². The molecule has 1 N–H and O–H groups in total. The highest BCUT2D eigenvalue weighted by molar-refractivity contribution is 8.00. The molecule has 0 aliphatic rings. The van der Waals surface area contributed by atoms with E-state index in [1.165, 1.54) is 18.1 Å². The van der Waals surface area contributed by atoms with Crippen LogP contribution in [-0.2, 0) is 11.8 Å². The van der Waals surface area contributed by atoms with Crippen molar-refractivity contribution >= 4 is 34.5 Å². The zero-order valence-electron chi connectivity index (χ0n) is 18.1. The molecule has 4 rings (SSSR count). The third kappa shape index (κ3) is 3.78. The van der Waals surface area contributed by atoms with Crippen LogP contribution >= 0.6 is 11.8 Å². The third-order valence-electron chi connectivity index (χ3n) is 5.25. The minimum absolute atomic E-state index is 0.123. The van der Waals surface area contributed by atoms with Crippen LogP contribution in [0.5, 0.6) is 5.75 Å². The fraction of sp³-hybridized carbons (Fsp3) is 0.227. The zero-order chi connectivity index (χ0) is 22.8. The van der Waals surface area contributed by atoms with Crippen molar-refractivity contribution in [2.45, 2.75) is 18.9 Å². The lowest BCUT2D eigenvalue weighted by Crippen LogP contribution is -2.17. The van der Waals surface area contributed by atoms with E-state index in [9.17, 15) is 10.1 Å². The summed E-state index contributed by atoms with van der Waals surface area (Å²) in [6, 6.07) is 9.67. The van der Waals surface area contributed by atoms with Crippen LogP contribution in [0.3, 0.4) is 0 Å². The molecule has 9 nitrogen and oxygen atoms in total. The van der Waals surface area contributed by atoms with E-state index < -0.39 is 0 Å². The number of nitrogens with one attached hydrogen (secondary N) is 1. The molecule has 10 heteroatoms. The summed E-state index contributed by atoms with van der Waals surface area (Å²) in [7, 11) is 3.41. The number of carbonyl (C=O) groups is 1. The van der Waals surface area contributed by atoms with Crippen LogP contribution in [0.1, 0.15) is 16.8 Å². The molecule has 32 heavy (non-hydrogen) atoms. The number of rotatable bonds is 6. The van der Waals surface area contributed by atoms with Gasteiger partial charge in [0.1, 0.15) is 29.0 Å². The number of hydrogen-bond acceptors (Lipinski definition) is 7. The van der Waals surface area contributed by atoms with Crippen LogP contribution in [0, 0.1) is 25.2 Å². The van der Waals surface area contributed by atoms with Gasteiger partial charge in [0, 0.05) is 18.4 Å². The number of aromatic nitrogens is 5. The van der Waals surface area contributed by atoms with Gasteiger partial charge < -0.3 is 10.1 Å². The van der Waals surface area contributed by atoms with Gasteiger partial charge in [0.2, 0.25) is 5.91 Å². The summed E-state index contributed by atoms with van der Waals surface area (Å²) in [4.78, 5) is 21.4. The van der Waals surface area contributed by atoms with Crippen molar-refractivity contribution in [3.63, 3.8) is 0 Å². The van der Waals surface area contributed by atoms with Gasteiger partial charge in [-0.25, -0.2) is 9.97 Å². The van der Waals surface area contributed by atoms with Crippen molar-refractivity contribution in [2.75, 3.05) is 18.2 Å². The number of methoxy groups -OCH3 is 1. The van der Waals surface area contributed by atoms with Crippen molar-refractivity contribution in [1.82, 2.24) is 24.3 Å². The number of hydrogen-bond donors (Lipinski definition) is 1. The van der Waals surface area contributed by atoms with E-state index in [0.717, 1.165) is 28.1 Å². The predicted octanol–water partition coefficient (Wildman–Crippen LogP) is 3.38. The van der Waals surface area contributed by atoms with E-state index in [4.69, 9.17) is 4.74 Å². The van der Waals surface area contributed by atoms with Gasteiger partial charge in [0.25, 0.3) is 0 Å². The fourth-order valence-corrected chi connectivity index (χ4v) is 4.23. The van der Waals surface area contributed by atoms with E-state index in [1.807, 2.05) is 42.7 Å². The molecule has 0 spiro atoms. The lowest BCUT2D eigenvalue weighted by atomic mass is 10.2. The summed E-state index contributed by atoms with van der Waals surface area (Å²) >= 11 is 1.30. The number of fused-ring (bicyclic) bond motifs is 1. The topological polar surface area (TPSA) is 111 Å². The molecule has 4 aromatic rings. The minimum Gasteiger partial charge on any atom is -0.497 e. The summed E-state index contributed by atoms with van der Waals surface area (Å²) in [6.07, 6.45) is 3.14. The van der Waals surface area contributed by atoms with Gasteiger partial charge in [0.15, 0.2) is 5.65 Å². The smallest absolute Gasteiger partial charge is 0.235 e. The SMILES string of the molecule is COc1ccc(-n2c(C)c(C)c(C#N)c2NC(=O)CSc2ncnc3c2cnn3C)cc1. The molecule has 3 heterocycles. The number of thioether (sulfide) groups is 1. The van der Waals surface area contributed by atoms with Crippen molar-refractivity contribution in [3.8, 4) is 17.5 Å². The average Bonchev–Trinajstić information content (AvgIpc) is 3.30. The first-order chi connectivity index (χ1) is 15.4. The number of aryl methyl sites for hydroxylation is 1. The normalized spacial score (nSPS) is 10.8. The molecule has 0 radical (unpaired) electrons. The maximum atomic E-state index is 12.9. The molecule has 1 amide bonds. The Balaban J connectivity index is 1.61. The van der Waals surface area contributed by atoms with E-state index in [0.29, 0.717) is 22.1 Å². The van der Waals surface area contributed by atoms with Crippen molar-refractivity contribution in [2.24, 2.45) is 7.05 Å². The minimum atomic E-state index is -0.241. The number of carbonyl (C=O) groups excluding carboxylic acids is 1. The van der Waals surface area contributed by atoms with Gasteiger partial charge >= 0.3 is 0 Å². The maximum Gasteiger partial charge on any atom is 0.235 e. The monoisotopic (exact) mass is 447 g/mol. The number of benzene rings is 1. The number of ether oxygens (including phenoxy) is 1. The molecule has 3 aromatic heterocycles. The number of amides is 1. The Hall–Kier alpha value is -3.84. The van der Waals surface area contributed by atoms with Crippen LogP contribution in [0.25, 0.3) is 16.7 Å². The Kier molecular flexibility index (Phi) is 5.83. The average molecular weight is 448 g/mol. The summed E-state index contributed by atoms with van der Waals surface area (Å²) < 4.78 is 8.77. The molecule has 0 aliphatic heterocycles. The molecule has 0 atom stereocenters. The highest BCUT2D eigenvalue weighted by Gasteiger charge is 2.21. The first kappa shape index (κ1) is 21.4. The number of nitrogens with zero attached hydrogens (tertiary/aromatic N) is 6. The number of nitriles is 1. The van der Waals surface area contributed by atoms with Gasteiger partial charge in [0.05, 0.1) is 30.0 Å². The van der Waals surface area contributed by atoms with Gasteiger partial charge in [-0.1, -0.05) is 11.8 Å². The summed E-state index contributed by atoms with van der Waals surface area (Å²) in [6.45, 7) is 3.79. The van der Waals surface area contributed by atoms with Crippen LogP contribution < -0.4 is 10.1 Å². The molecule has 0 saturated carbocycles. The van der Waals surface area contributed by atoms with Crippen LogP contribution in [0.15, 0.2) is 41.8 Å². The van der Waals surface area contributed by atoms with E-state index >= 15 is 0 Å². The van der Waals surface area contributed by atoms with Gasteiger partial charge in [-0.15, -0.1) is 0 Å². The molecule has 0 bridgehead atoms. The van der Waals surface area contributed by atoms with Crippen LogP contribution in [0.2, 0.25) is 0 Å². The Bertz CT molecular complexity index is 1350. The van der Waals surface area contributed by atoms with E-state index in [-0.39, 0.29) is 11.7 Å². The van der Waals surface area contributed by atoms with Gasteiger partial charge in [-0.2, -0.15) is 10.4 Å². The lowest BCUT2D eigenvalue weighted by molar-refractivity contribution is -0.113. The second-order valence-corrected chi connectivity index (χ2v) is 8.06. The number of anilines is 1. The Labute approximate surface area is 189 Å². The van der Waals surface area contributed by atoms with E-state index in [1.54, 1.807) is 25.0 Å². The highest BCUT2D eigenvalue weighted by atomic mass is 32.2. The Morgan fingerprint density at radius 2 is 2.00 bits per heavy atom. The Morgan fingerprint density at radius 3 is 2.69 bits per heavy atom. The fourth-order valence-electron chi connectivity index (χ4n) is 3.47. The zero-order valence-corrected chi connectivity index (χ0v) is 18.9. The standard InChI is InChI=1S/C22H21N7O2S/c1-13-14(2)29(15-5-7-16(31-4)8-6-15)21(17(13)9-23)27-19(30)11-32-22-18-10-26-28(3)20(18)24-12-25-22/h5-8,10,12H,11H2,1-4H3,(H,27,30). The molecule has 0 unspecified atom stereocenters. The van der Waals surface area contributed by atoms with Gasteiger partial charge in [-0.3, -0.25) is 14.0 Å². The molecule has 0 saturated heterocycles. The second kappa shape index (κ2) is 8.72. The summed E-state index contributed by atoms with van der Waals surface area (Å²) in [5.41, 5.74) is 3.66. The molecule has 1 aromatic carbocycles. The van der Waals surface area contributed by atoms with E-state index in [2.05, 4.69) is 26.5 Å². The van der Waals surface area contributed by atoms with Crippen LogP contribution in [-0.4, -0.2) is 43.1 Å². The van der Waals surface area contributed by atoms with Crippen molar-refractivity contribution in [1.29, 1.82) is 5.26 Å². The summed E-state index contributed by atoms with van der Waals surface area (Å²) in [5, 5.41) is 18.3. The first-order valence-electron chi connectivity index (χ1n) is 9.76. The quantitative estimate of drug-likeness (QED) is 0.356. The summed E-state index contributed by atoms with van der Waals surface area (Å²) in [5.74, 6) is 1.06. The lowest BCUT2D eigenvalue weighted by Gasteiger charge is -2.13. The third-order valence-corrected chi connectivity index (χ3v) is 6.25. The molecule has 0 aliphatic carbocycles. The van der Waals surface area contributed by atoms with Crippen LogP contribution in [0.4, 0.5) is 5.82 Å². The molecular formula is C22H21N7O2S.